The van der Waals surface area contributed by atoms with Crippen LogP contribution in [-0.4, -0.2) is 39.3 Å². The van der Waals surface area contributed by atoms with Gasteiger partial charge in [0.15, 0.2) is 11.5 Å². The normalized spacial score (nSPS) is 22.9. The first-order valence-electron chi connectivity index (χ1n) is 7.67. The Hall–Kier alpha value is -1.33. The second kappa shape index (κ2) is 6.42. The lowest BCUT2D eigenvalue weighted by atomic mass is 9.92. The van der Waals surface area contributed by atoms with Gasteiger partial charge in [0.1, 0.15) is 5.67 Å². The number of hydrogen-bond donors (Lipinski definition) is 1. The van der Waals surface area contributed by atoms with E-state index in [0.717, 1.165) is 18.5 Å². The van der Waals surface area contributed by atoms with Gasteiger partial charge in [-0.3, -0.25) is 4.90 Å². The molecule has 0 radical (unpaired) electrons. The number of ether oxygens (including phenoxy) is 2. The largest absolute Gasteiger partial charge is 0.493 e. The van der Waals surface area contributed by atoms with Crippen LogP contribution in [0.3, 0.4) is 0 Å². The van der Waals surface area contributed by atoms with Gasteiger partial charge in [0.25, 0.3) is 0 Å². The van der Waals surface area contributed by atoms with Crippen molar-refractivity contribution in [3.8, 4) is 11.5 Å². The lowest BCUT2D eigenvalue weighted by Gasteiger charge is -2.25. The maximum absolute atomic E-state index is 14.6. The first kappa shape index (κ1) is 17.0. The molecule has 2 unspecified atom stereocenters. The molecule has 1 fully saturated rings. The van der Waals surface area contributed by atoms with Crippen LogP contribution in [0.2, 0.25) is 0 Å². The van der Waals surface area contributed by atoms with E-state index < -0.39 is 5.67 Å². The van der Waals surface area contributed by atoms with E-state index in [1.165, 1.54) is 13.8 Å². The van der Waals surface area contributed by atoms with E-state index in [0.29, 0.717) is 29.5 Å². The van der Waals surface area contributed by atoms with Crippen LogP contribution in [0.25, 0.3) is 0 Å². The molecule has 2 N–H and O–H groups in total. The number of alkyl halides is 1. The van der Waals surface area contributed by atoms with Crippen molar-refractivity contribution in [2.75, 3.05) is 34.4 Å². The molecular weight excluding hydrogens is 283 g/mol. The van der Waals surface area contributed by atoms with E-state index in [1.807, 2.05) is 12.1 Å². The molecule has 2 atom stereocenters. The Morgan fingerprint density at radius 3 is 2.45 bits per heavy atom. The topological polar surface area (TPSA) is 47.7 Å². The summed E-state index contributed by atoms with van der Waals surface area (Å²) in [5, 5.41) is 0. The maximum Gasteiger partial charge on any atom is 0.167 e. The zero-order valence-corrected chi connectivity index (χ0v) is 14.1. The summed E-state index contributed by atoms with van der Waals surface area (Å²) in [5.41, 5.74) is 5.88. The molecule has 0 aromatic heterocycles. The summed E-state index contributed by atoms with van der Waals surface area (Å²) in [6.45, 7) is 4.71. The molecule has 2 rings (SSSR count). The van der Waals surface area contributed by atoms with Gasteiger partial charge in [0, 0.05) is 18.2 Å². The van der Waals surface area contributed by atoms with Crippen LogP contribution in [0.5, 0.6) is 11.5 Å². The van der Waals surface area contributed by atoms with Crippen LogP contribution in [0.1, 0.15) is 37.4 Å². The Morgan fingerprint density at radius 1 is 1.32 bits per heavy atom. The van der Waals surface area contributed by atoms with Gasteiger partial charge in [-0.1, -0.05) is 0 Å². The molecule has 1 aliphatic rings. The fraction of sp³-hybridized carbons (Fsp3) is 0.647. The monoisotopic (exact) mass is 310 g/mol. The molecule has 5 heteroatoms. The molecule has 0 spiro atoms. The van der Waals surface area contributed by atoms with E-state index in [1.54, 1.807) is 14.2 Å². The standard InChI is InChI=1S/C17H27FN2O2/c1-17(2,18)13-7-12(8-15(21-4)16(13)22-5)14-6-11(9-19)10-20(14)3/h7-8,11,14H,6,9-10,19H2,1-5H3. The van der Waals surface area contributed by atoms with Crippen molar-refractivity contribution >= 4 is 0 Å². The predicted octanol–water partition coefficient (Wildman–Crippen LogP) is 2.86. The van der Waals surface area contributed by atoms with Crippen molar-refractivity contribution in [3.05, 3.63) is 23.3 Å². The van der Waals surface area contributed by atoms with Crippen LogP contribution in [0.4, 0.5) is 4.39 Å². The Bertz CT molecular complexity index is 528. The molecule has 124 valence electrons. The van der Waals surface area contributed by atoms with Gasteiger partial charge in [-0.25, -0.2) is 4.39 Å². The van der Waals surface area contributed by atoms with Gasteiger partial charge in [-0.05, 0) is 57.5 Å². The van der Waals surface area contributed by atoms with Crippen molar-refractivity contribution < 1.29 is 13.9 Å². The number of nitrogens with two attached hydrogens (primary N) is 1. The minimum atomic E-state index is -1.50. The van der Waals surface area contributed by atoms with Crippen molar-refractivity contribution in [2.24, 2.45) is 11.7 Å². The first-order valence-corrected chi connectivity index (χ1v) is 7.67. The summed E-state index contributed by atoms with van der Waals surface area (Å²) in [5.74, 6) is 1.52. The molecular formula is C17H27FN2O2. The second-order valence-electron chi connectivity index (χ2n) is 6.57. The zero-order valence-electron chi connectivity index (χ0n) is 14.1. The van der Waals surface area contributed by atoms with E-state index >= 15 is 0 Å². The van der Waals surface area contributed by atoms with Crippen LogP contribution < -0.4 is 15.2 Å². The summed E-state index contributed by atoms with van der Waals surface area (Å²) in [4.78, 5) is 2.27. The van der Waals surface area contributed by atoms with Gasteiger partial charge < -0.3 is 15.2 Å². The van der Waals surface area contributed by atoms with Gasteiger partial charge in [-0.15, -0.1) is 0 Å². The predicted molar refractivity (Wildman–Crippen MR) is 86.2 cm³/mol. The van der Waals surface area contributed by atoms with E-state index in [4.69, 9.17) is 15.2 Å². The van der Waals surface area contributed by atoms with Crippen LogP contribution in [0.15, 0.2) is 12.1 Å². The molecule has 22 heavy (non-hydrogen) atoms. The smallest absolute Gasteiger partial charge is 0.167 e. The molecule has 0 saturated carbocycles. The highest BCUT2D eigenvalue weighted by atomic mass is 19.1. The lowest BCUT2D eigenvalue weighted by Crippen LogP contribution is -2.21. The third-order valence-corrected chi connectivity index (χ3v) is 4.49. The zero-order chi connectivity index (χ0) is 16.5. The summed E-state index contributed by atoms with van der Waals surface area (Å²) in [6.07, 6.45) is 0.981. The average molecular weight is 310 g/mol. The lowest BCUT2D eigenvalue weighted by molar-refractivity contribution is 0.210. The minimum Gasteiger partial charge on any atom is -0.493 e. The molecule has 4 nitrogen and oxygen atoms in total. The Labute approximate surface area is 132 Å². The highest BCUT2D eigenvalue weighted by Crippen LogP contribution is 2.44. The molecule has 0 bridgehead atoms. The van der Waals surface area contributed by atoms with Crippen molar-refractivity contribution in [1.29, 1.82) is 0 Å². The van der Waals surface area contributed by atoms with Crippen LogP contribution in [-0.2, 0) is 5.67 Å². The molecule has 1 aromatic rings. The third kappa shape index (κ3) is 3.20. The Balaban J connectivity index is 2.49. The average Bonchev–Trinajstić information content (AvgIpc) is 2.86. The number of methoxy groups -OCH3 is 2. The fourth-order valence-corrected chi connectivity index (χ4v) is 3.29. The number of hydrogen-bond acceptors (Lipinski definition) is 4. The Morgan fingerprint density at radius 2 is 2.00 bits per heavy atom. The van der Waals surface area contributed by atoms with Gasteiger partial charge >= 0.3 is 0 Å². The SMILES string of the molecule is COc1cc(C2CC(CN)CN2C)cc(C(C)(C)F)c1OC. The number of likely N-dealkylation sites (tertiary alicyclic amines) is 1. The van der Waals surface area contributed by atoms with E-state index in [2.05, 4.69) is 11.9 Å². The molecule has 1 aromatic carbocycles. The minimum absolute atomic E-state index is 0.231. The van der Waals surface area contributed by atoms with Crippen molar-refractivity contribution in [3.63, 3.8) is 0 Å². The first-order chi connectivity index (χ1) is 10.3. The maximum atomic E-state index is 14.6. The quantitative estimate of drug-likeness (QED) is 0.908. The molecule has 1 heterocycles. The van der Waals surface area contributed by atoms with E-state index in [9.17, 15) is 4.39 Å². The summed E-state index contributed by atoms with van der Waals surface area (Å²) in [6, 6.07) is 4.09. The molecule has 1 aliphatic heterocycles. The second-order valence-corrected chi connectivity index (χ2v) is 6.57. The summed E-state index contributed by atoms with van der Waals surface area (Å²) >= 11 is 0. The van der Waals surface area contributed by atoms with Gasteiger partial charge in [0.05, 0.1) is 14.2 Å². The number of halogens is 1. The highest BCUT2D eigenvalue weighted by Gasteiger charge is 2.33. The molecule has 0 aliphatic carbocycles. The Kier molecular flexibility index (Phi) is 4.97. The van der Waals surface area contributed by atoms with Crippen molar-refractivity contribution in [2.45, 2.75) is 32.0 Å². The third-order valence-electron chi connectivity index (χ3n) is 4.49. The molecule has 1 saturated heterocycles. The van der Waals surface area contributed by atoms with Gasteiger partial charge in [-0.2, -0.15) is 0 Å². The van der Waals surface area contributed by atoms with Crippen LogP contribution >= 0.6 is 0 Å². The number of rotatable bonds is 5. The number of benzene rings is 1. The summed E-state index contributed by atoms with van der Waals surface area (Å²) in [7, 11) is 5.20. The fourth-order valence-electron chi connectivity index (χ4n) is 3.29. The van der Waals surface area contributed by atoms with Gasteiger partial charge in [0.2, 0.25) is 0 Å². The van der Waals surface area contributed by atoms with Crippen LogP contribution in [0, 0.1) is 5.92 Å². The van der Waals surface area contributed by atoms with Crippen molar-refractivity contribution in [1.82, 2.24) is 4.90 Å². The number of nitrogens with zero attached hydrogens (tertiary/aromatic N) is 1. The molecule has 0 amide bonds. The highest BCUT2D eigenvalue weighted by molar-refractivity contribution is 5.52. The summed E-state index contributed by atoms with van der Waals surface area (Å²) < 4.78 is 25.4. The van der Waals surface area contributed by atoms with E-state index in [-0.39, 0.29) is 6.04 Å².